The van der Waals surface area contributed by atoms with E-state index in [0.29, 0.717) is 37.6 Å². The highest BCUT2D eigenvalue weighted by Crippen LogP contribution is 2.37. The van der Waals surface area contributed by atoms with Gasteiger partial charge in [-0.1, -0.05) is 58.8 Å². The van der Waals surface area contributed by atoms with E-state index in [0.717, 1.165) is 22.2 Å². The lowest BCUT2D eigenvalue weighted by atomic mass is 10.2. The molecule has 32 heavy (non-hydrogen) atoms. The highest BCUT2D eigenvalue weighted by Gasteiger charge is 2.14. The topological polar surface area (TPSA) is 52.8 Å². The molecular formula is C24H16Cl2N2O3S. The number of aromatic nitrogens is 2. The maximum atomic E-state index is 13.0. The first-order valence-corrected chi connectivity index (χ1v) is 11.3. The molecular weight excluding hydrogens is 467 g/mol. The van der Waals surface area contributed by atoms with Crippen molar-refractivity contribution in [3.63, 3.8) is 0 Å². The molecule has 2 heterocycles. The van der Waals surface area contributed by atoms with Gasteiger partial charge in [-0.3, -0.25) is 4.79 Å². The molecule has 3 aromatic carbocycles. The van der Waals surface area contributed by atoms with Gasteiger partial charge >= 0.3 is 0 Å². The van der Waals surface area contributed by atoms with Crippen LogP contribution in [0.1, 0.15) is 11.1 Å². The number of imidazole rings is 1. The van der Waals surface area contributed by atoms with Crippen molar-refractivity contribution in [2.75, 3.05) is 7.11 Å². The number of nitrogens with zero attached hydrogens (tertiary/aromatic N) is 2. The molecule has 2 aromatic heterocycles. The number of para-hydroxylation sites is 2. The van der Waals surface area contributed by atoms with Gasteiger partial charge in [0.15, 0.2) is 16.5 Å². The minimum atomic E-state index is -0.114. The molecule has 0 bridgehead atoms. The van der Waals surface area contributed by atoms with Crippen molar-refractivity contribution in [3.05, 3.63) is 96.7 Å². The minimum Gasteiger partial charge on any atom is -0.493 e. The van der Waals surface area contributed by atoms with E-state index in [9.17, 15) is 4.79 Å². The first-order valence-electron chi connectivity index (χ1n) is 9.70. The zero-order chi connectivity index (χ0) is 22.2. The lowest BCUT2D eigenvalue weighted by Crippen LogP contribution is -2.22. The number of thiazole rings is 1. The van der Waals surface area contributed by atoms with Crippen LogP contribution in [0, 0.1) is 0 Å². The summed E-state index contributed by atoms with van der Waals surface area (Å²) in [5, 5.41) is 1.06. The van der Waals surface area contributed by atoms with E-state index in [1.807, 2.05) is 36.4 Å². The third-order valence-corrected chi connectivity index (χ3v) is 6.49. The Hall–Kier alpha value is -3.06. The van der Waals surface area contributed by atoms with Crippen molar-refractivity contribution < 1.29 is 9.47 Å². The number of hydrogen-bond acceptors (Lipinski definition) is 5. The van der Waals surface area contributed by atoms with Crippen LogP contribution in [-0.4, -0.2) is 16.5 Å². The number of rotatable bonds is 5. The van der Waals surface area contributed by atoms with Crippen LogP contribution in [0.4, 0.5) is 0 Å². The summed E-state index contributed by atoms with van der Waals surface area (Å²) in [5.41, 5.74) is 3.17. The van der Waals surface area contributed by atoms with E-state index in [-0.39, 0.29) is 5.56 Å². The molecule has 0 N–H and O–H groups in total. The Balaban J connectivity index is 1.51. The van der Waals surface area contributed by atoms with Crippen molar-refractivity contribution in [1.82, 2.24) is 9.38 Å². The maximum Gasteiger partial charge on any atom is 0.274 e. The molecule has 5 nitrogen and oxygen atoms in total. The van der Waals surface area contributed by atoms with E-state index in [4.69, 9.17) is 32.7 Å². The molecule has 0 saturated heterocycles. The quantitative estimate of drug-likeness (QED) is 0.338. The zero-order valence-electron chi connectivity index (χ0n) is 16.8. The van der Waals surface area contributed by atoms with Crippen molar-refractivity contribution in [3.8, 4) is 11.5 Å². The first-order chi connectivity index (χ1) is 15.5. The van der Waals surface area contributed by atoms with Crippen LogP contribution >= 0.6 is 34.5 Å². The summed E-state index contributed by atoms with van der Waals surface area (Å²) in [6.07, 6.45) is 1.79. The molecule has 0 spiro atoms. The van der Waals surface area contributed by atoms with Gasteiger partial charge in [-0.2, -0.15) is 0 Å². The maximum absolute atomic E-state index is 13.0. The van der Waals surface area contributed by atoms with E-state index in [2.05, 4.69) is 4.98 Å². The normalized spacial score (nSPS) is 12.0. The summed E-state index contributed by atoms with van der Waals surface area (Å²) in [7, 11) is 1.55. The van der Waals surface area contributed by atoms with Gasteiger partial charge in [-0.05, 0) is 53.6 Å². The van der Waals surface area contributed by atoms with Crippen molar-refractivity contribution in [1.29, 1.82) is 0 Å². The number of halogens is 2. The molecule has 0 saturated carbocycles. The molecule has 0 aliphatic carbocycles. The number of fused-ring (bicyclic) bond motifs is 3. The van der Waals surface area contributed by atoms with Crippen LogP contribution < -0.4 is 19.6 Å². The SMILES string of the molecule is COc1cc(/C=c2\sc3nc4ccccc4n3c2=O)cc(Cl)c1OCc1ccc(Cl)cc1. The van der Waals surface area contributed by atoms with Crippen LogP contribution in [0.15, 0.2) is 65.5 Å². The molecule has 8 heteroatoms. The smallest absolute Gasteiger partial charge is 0.274 e. The summed E-state index contributed by atoms with van der Waals surface area (Å²) in [4.78, 5) is 18.2. The zero-order valence-corrected chi connectivity index (χ0v) is 19.2. The van der Waals surface area contributed by atoms with Crippen LogP contribution in [0.5, 0.6) is 11.5 Å². The molecule has 160 valence electrons. The Morgan fingerprint density at radius 2 is 1.88 bits per heavy atom. The van der Waals surface area contributed by atoms with Crippen LogP contribution in [0.2, 0.25) is 10.0 Å². The number of benzene rings is 3. The Bertz CT molecular complexity index is 1560. The van der Waals surface area contributed by atoms with Crippen LogP contribution in [0.25, 0.3) is 22.1 Å². The molecule has 0 aliphatic heterocycles. The fraction of sp³-hybridized carbons (Fsp3) is 0.0833. The standard InChI is InChI=1S/C24H16Cl2N2O3S/c1-30-20-11-15(10-17(26)22(20)31-13-14-6-8-16(25)9-7-14)12-21-23(29)28-19-5-3-2-4-18(19)27-24(28)32-21/h2-12H,13H2,1H3/b21-12-. The third-order valence-electron chi connectivity index (χ3n) is 4.99. The van der Waals surface area contributed by atoms with Gasteiger partial charge in [0.2, 0.25) is 0 Å². The monoisotopic (exact) mass is 482 g/mol. The number of hydrogen-bond donors (Lipinski definition) is 0. The molecule has 0 atom stereocenters. The molecule has 5 aromatic rings. The predicted octanol–water partition coefficient (Wildman–Crippen LogP) is 5.35. The average molecular weight is 483 g/mol. The largest absolute Gasteiger partial charge is 0.493 e. The Morgan fingerprint density at radius 1 is 1.09 bits per heavy atom. The molecule has 0 unspecified atom stereocenters. The number of ether oxygens (including phenoxy) is 2. The molecule has 5 rings (SSSR count). The van der Waals surface area contributed by atoms with Gasteiger partial charge in [0, 0.05) is 5.02 Å². The van der Waals surface area contributed by atoms with Crippen molar-refractivity contribution >= 4 is 56.6 Å². The second-order valence-corrected chi connectivity index (χ2v) is 8.94. The van der Waals surface area contributed by atoms with Gasteiger partial charge in [-0.25, -0.2) is 9.38 Å². The Labute approximate surface area is 197 Å². The lowest BCUT2D eigenvalue weighted by Gasteiger charge is -2.13. The van der Waals surface area contributed by atoms with Gasteiger partial charge in [-0.15, -0.1) is 0 Å². The highest BCUT2D eigenvalue weighted by molar-refractivity contribution is 7.15. The number of methoxy groups -OCH3 is 1. The van der Waals surface area contributed by atoms with E-state index < -0.39 is 0 Å². The predicted molar refractivity (Wildman–Crippen MR) is 129 cm³/mol. The minimum absolute atomic E-state index is 0.114. The summed E-state index contributed by atoms with van der Waals surface area (Å²) in [6, 6.07) is 18.5. The summed E-state index contributed by atoms with van der Waals surface area (Å²) < 4.78 is 13.6. The first kappa shape index (κ1) is 20.8. The Kier molecular flexibility index (Phi) is 5.51. The van der Waals surface area contributed by atoms with Crippen LogP contribution in [-0.2, 0) is 6.61 Å². The molecule has 0 aliphatic rings. The Morgan fingerprint density at radius 3 is 2.66 bits per heavy atom. The van der Waals surface area contributed by atoms with Gasteiger partial charge in [0.05, 0.1) is 27.7 Å². The fourth-order valence-electron chi connectivity index (χ4n) is 3.46. The summed E-state index contributed by atoms with van der Waals surface area (Å²) >= 11 is 13.8. The fourth-order valence-corrected chi connectivity index (χ4v) is 4.85. The molecule has 0 amide bonds. The lowest BCUT2D eigenvalue weighted by molar-refractivity contribution is 0.284. The van der Waals surface area contributed by atoms with Crippen LogP contribution in [0.3, 0.4) is 0 Å². The van der Waals surface area contributed by atoms with E-state index in [1.165, 1.54) is 11.3 Å². The average Bonchev–Trinajstić information content (AvgIpc) is 3.30. The second kappa shape index (κ2) is 8.47. The van der Waals surface area contributed by atoms with Crippen molar-refractivity contribution in [2.45, 2.75) is 6.61 Å². The second-order valence-electron chi connectivity index (χ2n) is 7.08. The molecule has 0 fully saturated rings. The van der Waals surface area contributed by atoms with Gasteiger partial charge < -0.3 is 9.47 Å². The van der Waals surface area contributed by atoms with Gasteiger partial charge in [0.25, 0.3) is 5.56 Å². The van der Waals surface area contributed by atoms with Gasteiger partial charge in [0.1, 0.15) is 6.61 Å². The molecule has 0 radical (unpaired) electrons. The highest BCUT2D eigenvalue weighted by atomic mass is 35.5. The van der Waals surface area contributed by atoms with E-state index in [1.54, 1.807) is 41.9 Å². The summed E-state index contributed by atoms with van der Waals surface area (Å²) in [5.74, 6) is 0.924. The third kappa shape index (κ3) is 3.81. The van der Waals surface area contributed by atoms with E-state index >= 15 is 0 Å². The summed E-state index contributed by atoms with van der Waals surface area (Å²) in [6.45, 7) is 0.316. The van der Waals surface area contributed by atoms with Crippen molar-refractivity contribution in [2.24, 2.45) is 0 Å².